The lowest BCUT2D eigenvalue weighted by atomic mass is 9.89. The second-order valence-electron chi connectivity index (χ2n) is 9.44. The smallest absolute Gasteiger partial charge is 0.339 e. The van der Waals surface area contributed by atoms with Gasteiger partial charge in [0, 0.05) is 17.7 Å². The van der Waals surface area contributed by atoms with E-state index in [-0.39, 0.29) is 29.7 Å². The molecule has 3 heterocycles. The Kier molecular flexibility index (Phi) is 7.59. The average molecular weight is 605 g/mol. The molecule has 0 N–H and O–H groups in total. The first-order valence-electron chi connectivity index (χ1n) is 13.1. The number of imidazole rings is 1. The Morgan fingerprint density at radius 1 is 1.00 bits per heavy atom. The van der Waals surface area contributed by atoms with Crippen LogP contribution >= 0.6 is 11.6 Å². The van der Waals surface area contributed by atoms with E-state index in [1.807, 2.05) is 0 Å². The van der Waals surface area contributed by atoms with Crippen LogP contribution in [0.1, 0.15) is 27.1 Å². The molecule has 1 aliphatic rings. The fourth-order valence-corrected chi connectivity index (χ4v) is 5.32. The number of carbonyl (C=O) groups excluding carboxylic acids is 2. The third-order valence-electron chi connectivity index (χ3n) is 7.08. The lowest BCUT2D eigenvalue weighted by molar-refractivity contribution is 0.0495. The van der Waals surface area contributed by atoms with E-state index in [0.717, 1.165) is 0 Å². The molecule has 3 aromatic carbocycles. The molecule has 0 fully saturated rings. The van der Waals surface area contributed by atoms with Crippen LogP contribution in [0.4, 0.5) is 0 Å². The van der Waals surface area contributed by atoms with Crippen molar-refractivity contribution in [2.45, 2.75) is 13.0 Å². The van der Waals surface area contributed by atoms with Gasteiger partial charge in [-0.3, -0.25) is 4.79 Å². The summed E-state index contributed by atoms with van der Waals surface area (Å²) < 4.78 is 35.4. The van der Waals surface area contributed by atoms with E-state index in [1.165, 1.54) is 27.7 Å². The summed E-state index contributed by atoms with van der Waals surface area (Å²) in [6.07, 6.45) is 4.04. The van der Waals surface area contributed by atoms with E-state index in [9.17, 15) is 9.59 Å². The van der Waals surface area contributed by atoms with Crippen LogP contribution in [0.25, 0.3) is 33.1 Å². The number of aryl methyl sites for hydroxylation is 1. The van der Waals surface area contributed by atoms with Crippen molar-refractivity contribution in [2.24, 2.45) is 0 Å². The van der Waals surface area contributed by atoms with Crippen molar-refractivity contribution < 1.29 is 38.0 Å². The highest BCUT2D eigenvalue weighted by atomic mass is 35.5. The van der Waals surface area contributed by atoms with E-state index in [0.29, 0.717) is 81.1 Å². The summed E-state index contributed by atoms with van der Waals surface area (Å²) in [5.41, 5.74) is 2.27. The second-order valence-corrected chi connectivity index (χ2v) is 9.80. The molecule has 12 nitrogen and oxygen atoms in total. The van der Waals surface area contributed by atoms with Crippen molar-refractivity contribution in [2.75, 3.05) is 34.7 Å². The van der Waals surface area contributed by atoms with Crippen LogP contribution in [0, 0.1) is 0 Å². The average Bonchev–Trinajstić information content (AvgIpc) is 3.67. The van der Waals surface area contributed by atoms with Crippen LogP contribution in [-0.4, -0.2) is 66.5 Å². The Morgan fingerprint density at radius 2 is 1.74 bits per heavy atom. The molecule has 0 saturated heterocycles. The predicted octanol–water partition coefficient (Wildman–Crippen LogP) is 5.11. The number of aromatic nitrogens is 4. The number of methoxy groups -OCH3 is 3. The number of benzene rings is 3. The first kappa shape index (κ1) is 28.0. The van der Waals surface area contributed by atoms with Crippen LogP contribution in [0.5, 0.6) is 28.7 Å². The lowest BCUT2D eigenvalue weighted by Crippen LogP contribution is -2.13. The van der Waals surface area contributed by atoms with Gasteiger partial charge in [0.25, 0.3) is 0 Å². The minimum Gasteiger partial charge on any atom is -0.493 e. The molecule has 0 unspecified atom stereocenters. The van der Waals surface area contributed by atoms with Gasteiger partial charge in [-0.15, -0.1) is 0 Å². The first-order valence-corrected chi connectivity index (χ1v) is 13.5. The van der Waals surface area contributed by atoms with Crippen LogP contribution in [0.15, 0.2) is 43.0 Å². The molecule has 1 aliphatic heterocycles. The summed E-state index contributed by atoms with van der Waals surface area (Å²) in [4.78, 5) is 38.6. The Balaban J connectivity index is 1.40. The highest BCUT2D eigenvalue weighted by molar-refractivity contribution is 6.33. The van der Waals surface area contributed by atoms with Crippen molar-refractivity contribution in [3.63, 3.8) is 0 Å². The van der Waals surface area contributed by atoms with Crippen molar-refractivity contribution in [3.8, 4) is 39.9 Å². The van der Waals surface area contributed by atoms with Crippen molar-refractivity contribution in [3.05, 3.63) is 59.3 Å². The minimum absolute atomic E-state index is 0.0590. The van der Waals surface area contributed by atoms with Crippen molar-refractivity contribution in [1.29, 1.82) is 0 Å². The highest BCUT2D eigenvalue weighted by Gasteiger charge is 2.27. The summed E-state index contributed by atoms with van der Waals surface area (Å²) in [6, 6.07) is 8.60. The van der Waals surface area contributed by atoms with E-state index in [4.69, 9.17) is 40.0 Å². The summed E-state index contributed by atoms with van der Waals surface area (Å²) in [5.74, 6) is 1.50. The molecule has 5 aromatic rings. The molecule has 0 radical (unpaired) electrons. The summed E-state index contributed by atoms with van der Waals surface area (Å²) in [5, 5.41) is 1.56. The first-order chi connectivity index (χ1) is 21.0. The maximum absolute atomic E-state index is 13.8. The van der Waals surface area contributed by atoms with E-state index >= 15 is 0 Å². The normalized spacial score (nSPS) is 12.0. The van der Waals surface area contributed by atoms with Gasteiger partial charge < -0.3 is 33.0 Å². The Bertz CT molecular complexity index is 1870. The van der Waals surface area contributed by atoms with Gasteiger partial charge in [0.1, 0.15) is 11.8 Å². The Hall–Kier alpha value is -5.10. The summed E-state index contributed by atoms with van der Waals surface area (Å²) in [6.45, 7) is 0.577. The molecule has 0 atom stereocenters. The summed E-state index contributed by atoms with van der Waals surface area (Å²) in [7, 11) is 4.50. The molecular weight excluding hydrogens is 580 g/mol. The number of aldehydes is 1. The summed E-state index contributed by atoms with van der Waals surface area (Å²) >= 11 is 6.10. The van der Waals surface area contributed by atoms with Gasteiger partial charge in [0.05, 0.1) is 39.8 Å². The minimum atomic E-state index is -0.675. The maximum atomic E-state index is 13.8. The van der Waals surface area contributed by atoms with Crippen LogP contribution < -0.4 is 23.7 Å². The van der Waals surface area contributed by atoms with E-state index in [2.05, 4.69) is 15.0 Å². The van der Waals surface area contributed by atoms with Gasteiger partial charge >= 0.3 is 5.97 Å². The number of carbonyl (C=O) groups is 2. The lowest BCUT2D eigenvalue weighted by Gasteiger charge is -2.19. The number of halogens is 1. The van der Waals surface area contributed by atoms with Crippen LogP contribution in [-0.2, 0) is 11.3 Å². The van der Waals surface area contributed by atoms with Gasteiger partial charge in [-0.1, -0.05) is 11.6 Å². The predicted molar refractivity (Wildman–Crippen MR) is 156 cm³/mol. The van der Waals surface area contributed by atoms with E-state index < -0.39 is 5.97 Å². The number of hydrogen-bond acceptors (Lipinski definition) is 11. The van der Waals surface area contributed by atoms with Crippen LogP contribution in [0.2, 0.25) is 5.15 Å². The largest absolute Gasteiger partial charge is 0.493 e. The number of nitrogens with zero attached hydrogens (tertiary/aromatic N) is 4. The van der Waals surface area contributed by atoms with Gasteiger partial charge in [0.15, 0.2) is 40.1 Å². The highest BCUT2D eigenvalue weighted by Crippen LogP contribution is 2.46. The zero-order valence-electron chi connectivity index (χ0n) is 23.4. The molecule has 0 saturated carbocycles. The monoisotopic (exact) mass is 604 g/mol. The topological polar surface area (TPSA) is 133 Å². The molecule has 43 heavy (non-hydrogen) atoms. The Morgan fingerprint density at radius 3 is 2.44 bits per heavy atom. The standard InChI is InChI=1S/C30H25ClN4O8/c1-38-22-9-17(10-23(39-2)27(22)40-3)24-19-11-21-20(42-15-43-21)8-16(19)7-18(12-36)25(24)30(37)41-6-4-5-35-14-34-26-28(31)32-13-33-29(26)35/h7-14H,4-6,15H2,1-3H3. The zero-order valence-corrected chi connectivity index (χ0v) is 24.1. The third-order valence-corrected chi connectivity index (χ3v) is 7.36. The second kappa shape index (κ2) is 11.6. The molecule has 0 aliphatic carbocycles. The fraction of sp³-hybridized carbons (Fsp3) is 0.233. The molecule has 2 aromatic heterocycles. The molecule has 6 rings (SSSR count). The number of ether oxygens (including phenoxy) is 6. The van der Waals surface area contributed by atoms with E-state index in [1.54, 1.807) is 41.2 Å². The third kappa shape index (κ3) is 4.99. The van der Waals surface area contributed by atoms with Crippen molar-refractivity contribution >= 4 is 45.8 Å². The number of rotatable bonds is 10. The zero-order chi connectivity index (χ0) is 30.1. The number of hydrogen-bond donors (Lipinski definition) is 0. The molecule has 0 spiro atoms. The van der Waals surface area contributed by atoms with Gasteiger partial charge in [-0.25, -0.2) is 19.7 Å². The Labute approximate surface area is 250 Å². The van der Waals surface area contributed by atoms with Gasteiger partial charge in [-0.2, -0.15) is 0 Å². The molecule has 13 heteroatoms. The molecule has 220 valence electrons. The molecular formula is C30H25ClN4O8. The quantitative estimate of drug-likeness (QED) is 0.0910. The number of fused-ring (bicyclic) bond motifs is 3. The molecule has 0 amide bonds. The van der Waals surface area contributed by atoms with Crippen LogP contribution in [0.3, 0.4) is 0 Å². The van der Waals surface area contributed by atoms with Gasteiger partial charge in [0.2, 0.25) is 12.5 Å². The van der Waals surface area contributed by atoms with Crippen molar-refractivity contribution in [1.82, 2.24) is 19.5 Å². The molecule has 0 bridgehead atoms. The fourth-order valence-electron chi connectivity index (χ4n) is 5.14. The number of esters is 1. The SMILES string of the molecule is COc1cc(-c2c(C(=O)OCCCn3cnc4c(Cl)ncnc43)c(C=O)cc3cc4c(cc23)OCO4)cc(OC)c1OC. The van der Waals surface area contributed by atoms with Gasteiger partial charge in [-0.05, 0) is 53.1 Å². The maximum Gasteiger partial charge on any atom is 0.339 e.